The molecule has 0 bridgehead atoms. The number of amides is 2. The fraction of sp³-hybridized carbons (Fsp3) is 0.350. The Kier molecular flexibility index (Phi) is 8.85. The van der Waals surface area contributed by atoms with Crippen LogP contribution in [0.5, 0.6) is 0 Å². The molecule has 4 unspecified atom stereocenters. The number of aliphatic hydroxyl groups excluding tert-OH is 2. The first kappa shape index (κ1) is 23.7. The normalized spacial score (nSPS) is 14.5. The van der Waals surface area contributed by atoms with Crippen LogP contribution in [0.15, 0.2) is 42.9 Å². The third-order valence-electron chi connectivity index (χ3n) is 4.41. The average molecular weight is 432 g/mol. The van der Waals surface area contributed by atoms with E-state index in [1.54, 1.807) is 30.3 Å². The van der Waals surface area contributed by atoms with Crippen molar-refractivity contribution in [3.05, 3.63) is 54.1 Å². The van der Waals surface area contributed by atoms with Crippen molar-refractivity contribution in [2.24, 2.45) is 0 Å². The van der Waals surface area contributed by atoms with Crippen molar-refractivity contribution < 1.29 is 34.1 Å². The summed E-state index contributed by atoms with van der Waals surface area (Å²) in [6, 6.07) is 6.64. The minimum atomic E-state index is -2.15. The van der Waals surface area contributed by atoms with E-state index in [4.69, 9.17) is 0 Å². The molecule has 0 radical (unpaired) electrons. The fourth-order valence-corrected chi connectivity index (χ4v) is 2.76. The molecule has 1 heterocycles. The first-order chi connectivity index (χ1) is 14.8. The lowest BCUT2D eigenvalue weighted by molar-refractivity contribution is -0.161. The molecule has 0 aliphatic carbocycles. The molecule has 166 valence electrons. The Morgan fingerprint density at radius 3 is 2.39 bits per heavy atom. The molecular formula is C20H24N4O7. The molecule has 2 aromatic rings. The topological polar surface area (TPSA) is 171 Å². The predicted octanol–water partition coefficient (Wildman–Crippen LogP) is -1.74. The van der Waals surface area contributed by atoms with Gasteiger partial charge in [0.15, 0.2) is 12.2 Å². The smallest absolute Gasteiger partial charge is 0.338 e. The molecule has 2 amide bonds. The lowest BCUT2D eigenvalue weighted by atomic mass is 10.0. The standard InChI is InChI=1S/C20H24N4O7/c1-31-20(30)17(27)16(26)19(29)24-15(7-12-5-3-2-4-6-12)18(28)23-14(10-25)8-13-9-21-11-22-13/h2-6,9-11,14-17,26-27H,7-8H2,1H3,(H,21,22)(H,23,28)(H,24,29). The number of aromatic nitrogens is 2. The van der Waals surface area contributed by atoms with Crippen molar-refractivity contribution in [2.45, 2.75) is 37.1 Å². The van der Waals surface area contributed by atoms with Crippen LogP contribution in [0, 0.1) is 0 Å². The number of ether oxygens (including phenoxy) is 1. The van der Waals surface area contributed by atoms with Gasteiger partial charge in [0, 0.05) is 24.7 Å². The van der Waals surface area contributed by atoms with Gasteiger partial charge in [-0.1, -0.05) is 30.3 Å². The van der Waals surface area contributed by atoms with Crippen LogP contribution >= 0.6 is 0 Å². The van der Waals surface area contributed by atoms with Gasteiger partial charge in [0.1, 0.15) is 12.3 Å². The Labute approximate surface area is 177 Å². The van der Waals surface area contributed by atoms with Crippen molar-refractivity contribution in [2.75, 3.05) is 7.11 Å². The van der Waals surface area contributed by atoms with Crippen LogP contribution in [0.2, 0.25) is 0 Å². The van der Waals surface area contributed by atoms with Crippen molar-refractivity contribution in [3.8, 4) is 0 Å². The first-order valence-corrected chi connectivity index (χ1v) is 9.36. The Balaban J connectivity index is 2.13. The number of carbonyl (C=O) groups excluding carboxylic acids is 4. The van der Waals surface area contributed by atoms with Gasteiger partial charge >= 0.3 is 5.97 Å². The summed E-state index contributed by atoms with van der Waals surface area (Å²) >= 11 is 0. The second-order valence-corrected chi connectivity index (χ2v) is 6.70. The van der Waals surface area contributed by atoms with E-state index in [-0.39, 0.29) is 12.8 Å². The molecule has 5 N–H and O–H groups in total. The zero-order chi connectivity index (χ0) is 22.8. The van der Waals surface area contributed by atoms with E-state index in [0.717, 1.165) is 7.11 Å². The first-order valence-electron chi connectivity index (χ1n) is 9.36. The summed E-state index contributed by atoms with van der Waals surface area (Å²) in [6.45, 7) is 0. The molecule has 1 aromatic heterocycles. The number of aromatic amines is 1. The van der Waals surface area contributed by atoms with Crippen LogP contribution < -0.4 is 10.6 Å². The lowest BCUT2D eigenvalue weighted by Gasteiger charge is -2.23. The van der Waals surface area contributed by atoms with Crippen LogP contribution in [0.4, 0.5) is 0 Å². The highest BCUT2D eigenvalue weighted by molar-refractivity contribution is 5.93. The highest BCUT2D eigenvalue weighted by atomic mass is 16.5. The number of nitrogens with zero attached hydrogens (tertiary/aromatic N) is 1. The molecule has 0 spiro atoms. The third-order valence-corrected chi connectivity index (χ3v) is 4.41. The molecule has 11 heteroatoms. The number of imidazole rings is 1. The van der Waals surface area contributed by atoms with Gasteiger partial charge in [-0.25, -0.2) is 9.78 Å². The van der Waals surface area contributed by atoms with Crippen LogP contribution in [0.3, 0.4) is 0 Å². The largest absolute Gasteiger partial charge is 0.467 e. The second-order valence-electron chi connectivity index (χ2n) is 6.70. The number of aldehydes is 1. The number of hydrogen-bond acceptors (Lipinski definition) is 8. The van der Waals surface area contributed by atoms with Crippen LogP contribution in [0.1, 0.15) is 11.3 Å². The number of esters is 1. The summed E-state index contributed by atoms with van der Waals surface area (Å²) in [5.74, 6) is -3.04. The molecule has 0 saturated heterocycles. The van der Waals surface area contributed by atoms with Gasteiger partial charge < -0.3 is 35.4 Å². The highest BCUT2D eigenvalue weighted by Crippen LogP contribution is 2.06. The monoisotopic (exact) mass is 432 g/mol. The van der Waals surface area contributed by atoms with Crippen molar-refractivity contribution in [3.63, 3.8) is 0 Å². The summed E-state index contributed by atoms with van der Waals surface area (Å²) in [5, 5.41) is 24.4. The highest BCUT2D eigenvalue weighted by Gasteiger charge is 2.34. The number of rotatable bonds is 11. The Bertz CT molecular complexity index is 873. The maximum absolute atomic E-state index is 12.8. The number of methoxy groups -OCH3 is 1. The quantitative estimate of drug-likeness (QED) is 0.206. The zero-order valence-electron chi connectivity index (χ0n) is 16.7. The van der Waals surface area contributed by atoms with E-state index in [1.807, 2.05) is 0 Å². The van der Waals surface area contributed by atoms with Gasteiger partial charge in [-0.2, -0.15) is 0 Å². The molecule has 0 aliphatic rings. The number of hydrogen-bond donors (Lipinski definition) is 5. The Hall–Kier alpha value is -3.57. The van der Waals surface area contributed by atoms with E-state index in [9.17, 15) is 29.4 Å². The number of carbonyl (C=O) groups is 4. The summed E-state index contributed by atoms with van der Waals surface area (Å²) in [6.07, 6.45) is -0.573. The summed E-state index contributed by atoms with van der Waals surface area (Å²) in [5.41, 5.74) is 1.32. The molecule has 0 aliphatic heterocycles. The molecule has 4 atom stereocenters. The average Bonchev–Trinajstić information content (AvgIpc) is 3.30. The number of H-pyrrole nitrogens is 1. The lowest BCUT2D eigenvalue weighted by Crippen LogP contribution is -2.55. The van der Waals surface area contributed by atoms with Crippen molar-refractivity contribution >= 4 is 24.1 Å². The molecule has 0 fully saturated rings. The Morgan fingerprint density at radius 1 is 1.10 bits per heavy atom. The van der Waals surface area contributed by atoms with Gasteiger partial charge in [-0.15, -0.1) is 0 Å². The van der Waals surface area contributed by atoms with Gasteiger partial charge in [0.25, 0.3) is 5.91 Å². The Morgan fingerprint density at radius 2 is 1.81 bits per heavy atom. The predicted molar refractivity (Wildman–Crippen MR) is 106 cm³/mol. The van der Waals surface area contributed by atoms with Gasteiger partial charge in [-0.3, -0.25) is 9.59 Å². The van der Waals surface area contributed by atoms with E-state index in [0.29, 0.717) is 17.5 Å². The summed E-state index contributed by atoms with van der Waals surface area (Å²) < 4.78 is 4.29. The molecule has 1 aromatic carbocycles. The van der Waals surface area contributed by atoms with Gasteiger partial charge in [0.2, 0.25) is 5.91 Å². The summed E-state index contributed by atoms with van der Waals surface area (Å²) in [7, 11) is 0.987. The minimum absolute atomic E-state index is 0.0368. The molecule has 0 saturated carbocycles. The number of nitrogens with one attached hydrogen (secondary N) is 3. The third kappa shape index (κ3) is 7.01. The van der Waals surface area contributed by atoms with Crippen molar-refractivity contribution in [1.29, 1.82) is 0 Å². The van der Waals surface area contributed by atoms with E-state index >= 15 is 0 Å². The molecule has 31 heavy (non-hydrogen) atoms. The summed E-state index contributed by atoms with van der Waals surface area (Å²) in [4.78, 5) is 54.6. The van der Waals surface area contributed by atoms with Gasteiger partial charge in [0.05, 0.1) is 19.5 Å². The van der Waals surface area contributed by atoms with Crippen LogP contribution in [-0.2, 0) is 36.8 Å². The second kappa shape index (κ2) is 11.6. The van der Waals surface area contributed by atoms with Gasteiger partial charge in [-0.05, 0) is 5.56 Å². The fourth-order valence-electron chi connectivity index (χ4n) is 2.76. The number of benzene rings is 1. The molecule has 11 nitrogen and oxygen atoms in total. The van der Waals surface area contributed by atoms with E-state index in [1.165, 1.54) is 12.5 Å². The number of aliphatic hydroxyl groups is 2. The maximum atomic E-state index is 12.8. The minimum Gasteiger partial charge on any atom is -0.467 e. The molecular weight excluding hydrogens is 408 g/mol. The zero-order valence-corrected chi connectivity index (χ0v) is 16.7. The van der Waals surface area contributed by atoms with E-state index < -0.39 is 42.1 Å². The van der Waals surface area contributed by atoms with E-state index in [2.05, 4.69) is 25.3 Å². The van der Waals surface area contributed by atoms with Crippen molar-refractivity contribution in [1.82, 2.24) is 20.6 Å². The van der Waals surface area contributed by atoms with Crippen LogP contribution in [0.25, 0.3) is 0 Å². The maximum Gasteiger partial charge on any atom is 0.338 e. The van der Waals surface area contributed by atoms with Crippen LogP contribution in [-0.4, -0.2) is 75.7 Å². The SMILES string of the molecule is COC(=O)C(O)C(O)C(=O)NC(Cc1ccccc1)C(=O)NC(C=O)Cc1cnc[nH]1. The molecule has 2 rings (SSSR count).